The van der Waals surface area contributed by atoms with Crippen LogP contribution in [0.5, 0.6) is 0 Å². The van der Waals surface area contributed by atoms with Crippen molar-refractivity contribution >= 4 is 28.8 Å². The number of unbranched alkanes of at least 4 members (excludes halogenated alkanes) is 1. The smallest absolute Gasteiger partial charge is 0.408 e. The second-order valence-electron chi connectivity index (χ2n) is 10.2. The Morgan fingerprint density at radius 3 is 2.10 bits per heavy atom. The molecule has 3 aromatic rings. The van der Waals surface area contributed by atoms with Gasteiger partial charge < -0.3 is 19.9 Å². The molecular formula is C33H40N2O6S. The van der Waals surface area contributed by atoms with E-state index in [2.05, 4.69) is 10.3 Å². The van der Waals surface area contributed by atoms with E-state index in [1.807, 2.05) is 73.7 Å². The van der Waals surface area contributed by atoms with E-state index in [-0.39, 0.29) is 18.3 Å². The van der Waals surface area contributed by atoms with Crippen LogP contribution in [0.25, 0.3) is 0 Å². The van der Waals surface area contributed by atoms with E-state index in [0.717, 1.165) is 35.7 Å². The summed E-state index contributed by atoms with van der Waals surface area (Å²) in [6, 6.07) is 22.8. The number of hydrogen-bond acceptors (Lipinski definition) is 8. The Kier molecular flexibility index (Phi) is 13.7. The average Bonchev–Trinajstić information content (AvgIpc) is 3.01. The van der Waals surface area contributed by atoms with Crippen LogP contribution < -0.4 is 5.32 Å². The first-order chi connectivity index (χ1) is 20.3. The van der Waals surface area contributed by atoms with Crippen molar-refractivity contribution in [1.29, 1.82) is 0 Å². The van der Waals surface area contributed by atoms with Gasteiger partial charge in [0.25, 0.3) is 0 Å². The van der Waals surface area contributed by atoms with Gasteiger partial charge in [0, 0.05) is 12.1 Å². The fourth-order valence-electron chi connectivity index (χ4n) is 4.57. The van der Waals surface area contributed by atoms with Gasteiger partial charge >= 0.3 is 6.09 Å². The van der Waals surface area contributed by atoms with Crippen LogP contribution in [0.2, 0.25) is 0 Å². The maximum Gasteiger partial charge on any atom is 0.408 e. The minimum atomic E-state index is -1.25. The van der Waals surface area contributed by atoms with E-state index in [4.69, 9.17) is 9.47 Å². The number of nitrogens with zero attached hydrogens (tertiary/aromatic N) is 1. The third-order valence-electron chi connectivity index (χ3n) is 6.91. The summed E-state index contributed by atoms with van der Waals surface area (Å²) in [4.78, 5) is 44.5. The normalized spacial score (nSPS) is 14.7. The molecule has 0 aliphatic heterocycles. The Morgan fingerprint density at radius 1 is 0.905 bits per heavy atom. The van der Waals surface area contributed by atoms with Crippen molar-refractivity contribution < 1.29 is 29.0 Å². The molecule has 1 aromatic heterocycles. The fraction of sp³-hybridized carbons (Fsp3) is 0.394. The molecule has 0 aliphatic carbocycles. The van der Waals surface area contributed by atoms with E-state index in [1.54, 1.807) is 25.3 Å². The summed E-state index contributed by atoms with van der Waals surface area (Å²) in [6.07, 6.45) is 0.922. The van der Waals surface area contributed by atoms with Crippen molar-refractivity contribution in [3.63, 3.8) is 0 Å². The summed E-state index contributed by atoms with van der Waals surface area (Å²) in [5, 5.41) is 13.5. The Labute approximate surface area is 252 Å². The largest absolute Gasteiger partial charge is 0.445 e. The van der Waals surface area contributed by atoms with E-state index in [1.165, 1.54) is 6.92 Å². The first-order valence-corrected chi connectivity index (χ1v) is 15.1. The van der Waals surface area contributed by atoms with Crippen LogP contribution in [0, 0.1) is 11.8 Å². The molecule has 0 saturated heterocycles. The number of hydrogen-bond donors (Lipinski definition) is 2. The van der Waals surface area contributed by atoms with Crippen molar-refractivity contribution in [3.8, 4) is 0 Å². The Balaban J connectivity index is 1.82. The maximum absolute atomic E-state index is 13.9. The Morgan fingerprint density at radius 2 is 1.52 bits per heavy atom. The minimum Gasteiger partial charge on any atom is -0.445 e. The van der Waals surface area contributed by atoms with Crippen molar-refractivity contribution in [3.05, 3.63) is 96.2 Å². The summed E-state index contributed by atoms with van der Waals surface area (Å²) in [5.74, 6) is -1.91. The monoisotopic (exact) mass is 592 g/mol. The standard InChI is InChI=1S/C33H40N2O6S/c1-4-5-18-27(32(38)42-28-19-12-13-20-34-28)31(40-21-25-14-8-6-9-15-25)23(2)30(37)29(24(3)36)35-33(39)41-22-26-16-10-7-11-17-26/h6-17,19-20,23-24,27,29,31,36H,4-5,18,21-22H2,1-3H3,(H,35,39)/t23-,24+,27-,29-,31-/m0/s1. The molecule has 8 nitrogen and oxygen atoms in total. The number of ether oxygens (including phenoxy) is 2. The zero-order chi connectivity index (χ0) is 30.3. The van der Waals surface area contributed by atoms with Crippen molar-refractivity contribution in [2.24, 2.45) is 11.8 Å². The second-order valence-corrected chi connectivity index (χ2v) is 11.2. The average molecular weight is 593 g/mol. The number of carbonyl (C=O) groups excluding carboxylic acids is 3. The molecule has 5 atom stereocenters. The van der Waals surface area contributed by atoms with Crippen molar-refractivity contribution in [1.82, 2.24) is 10.3 Å². The molecule has 2 N–H and O–H groups in total. The van der Waals surface area contributed by atoms with Crippen LogP contribution in [0.15, 0.2) is 90.1 Å². The lowest BCUT2D eigenvalue weighted by atomic mass is 9.83. The highest BCUT2D eigenvalue weighted by molar-refractivity contribution is 8.13. The molecule has 1 heterocycles. The number of thioether (sulfide) groups is 1. The zero-order valence-corrected chi connectivity index (χ0v) is 25.2. The zero-order valence-electron chi connectivity index (χ0n) is 24.3. The lowest BCUT2D eigenvalue weighted by Crippen LogP contribution is -2.52. The first-order valence-electron chi connectivity index (χ1n) is 14.3. The molecule has 1 amide bonds. The quantitative estimate of drug-likeness (QED) is 0.196. The summed E-state index contributed by atoms with van der Waals surface area (Å²) >= 11 is 1.03. The number of nitrogens with one attached hydrogen (secondary N) is 1. The van der Waals surface area contributed by atoms with Gasteiger partial charge in [0.2, 0.25) is 5.12 Å². The first kappa shape index (κ1) is 33.0. The van der Waals surface area contributed by atoms with Gasteiger partial charge in [-0.15, -0.1) is 0 Å². The molecule has 3 rings (SSSR count). The molecule has 0 aliphatic rings. The summed E-state index contributed by atoms with van der Waals surface area (Å²) in [7, 11) is 0. The molecule has 0 fully saturated rings. The number of aromatic nitrogens is 1. The third kappa shape index (κ3) is 10.4. The molecule has 2 aromatic carbocycles. The molecule has 42 heavy (non-hydrogen) atoms. The van der Waals surface area contributed by atoms with Gasteiger partial charge in [0.05, 0.1) is 24.7 Å². The summed E-state index contributed by atoms with van der Waals surface area (Å²) < 4.78 is 11.7. The number of rotatable bonds is 16. The number of carbonyl (C=O) groups is 3. The number of benzene rings is 2. The van der Waals surface area contributed by atoms with Gasteiger partial charge in [-0.2, -0.15) is 0 Å². The Bertz CT molecular complexity index is 1240. The van der Waals surface area contributed by atoms with Gasteiger partial charge in [-0.3, -0.25) is 9.59 Å². The van der Waals surface area contributed by atoms with Crippen LogP contribution in [0.3, 0.4) is 0 Å². The topological polar surface area (TPSA) is 115 Å². The van der Waals surface area contributed by atoms with Gasteiger partial charge in [-0.1, -0.05) is 93.4 Å². The number of ketones is 1. The number of alkyl carbamates (subject to hydrolysis) is 1. The lowest BCUT2D eigenvalue weighted by Gasteiger charge is -2.33. The van der Waals surface area contributed by atoms with Crippen molar-refractivity contribution in [2.75, 3.05) is 0 Å². The summed E-state index contributed by atoms with van der Waals surface area (Å²) in [5.41, 5.74) is 1.69. The van der Waals surface area contributed by atoms with E-state index >= 15 is 0 Å². The fourth-order valence-corrected chi connectivity index (χ4v) is 5.44. The molecule has 9 heteroatoms. The van der Waals surface area contributed by atoms with Gasteiger partial charge in [-0.05, 0) is 48.4 Å². The molecule has 224 valence electrons. The number of Topliss-reactive ketones (excluding diaryl/α,β-unsaturated/α-hetero) is 1. The highest BCUT2D eigenvalue weighted by Gasteiger charge is 2.40. The maximum atomic E-state index is 13.9. The number of pyridine rings is 1. The number of aliphatic hydroxyl groups is 1. The van der Waals surface area contributed by atoms with Gasteiger partial charge in [0.1, 0.15) is 17.7 Å². The van der Waals surface area contributed by atoms with Crippen LogP contribution in [-0.2, 0) is 32.3 Å². The Hall–Kier alpha value is -3.53. The summed E-state index contributed by atoms with van der Waals surface area (Å²) in [6.45, 7) is 5.37. The third-order valence-corrected chi connectivity index (χ3v) is 7.87. The minimum absolute atomic E-state index is 0.0180. The second kappa shape index (κ2) is 17.4. The number of amides is 1. The highest BCUT2D eigenvalue weighted by Crippen LogP contribution is 2.32. The van der Waals surface area contributed by atoms with Gasteiger partial charge in [-0.25, -0.2) is 9.78 Å². The van der Waals surface area contributed by atoms with Crippen molar-refractivity contribution in [2.45, 2.75) is 76.5 Å². The molecule has 0 bridgehead atoms. The van der Waals surface area contributed by atoms with E-state index < -0.39 is 42.0 Å². The lowest BCUT2D eigenvalue weighted by molar-refractivity contribution is -0.137. The molecule has 0 radical (unpaired) electrons. The van der Waals surface area contributed by atoms with Crippen LogP contribution in [0.4, 0.5) is 4.79 Å². The van der Waals surface area contributed by atoms with Crippen LogP contribution in [0.1, 0.15) is 51.2 Å². The number of aliphatic hydroxyl groups excluding tert-OH is 1. The predicted molar refractivity (Wildman–Crippen MR) is 163 cm³/mol. The molecule has 0 saturated carbocycles. The van der Waals surface area contributed by atoms with Crippen LogP contribution >= 0.6 is 11.8 Å². The van der Waals surface area contributed by atoms with Gasteiger partial charge in [0.15, 0.2) is 5.78 Å². The van der Waals surface area contributed by atoms with E-state index in [9.17, 15) is 19.5 Å². The molecular weight excluding hydrogens is 552 g/mol. The molecule has 0 spiro atoms. The highest BCUT2D eigenvalue weighted by atomic mass is 32.2. The SMILES string of the molecule is CCCC[C@H](C(=O)Sc1ccccn1)[C@@H](OCc1ccccc1)[C@@H](C)C(=O)[C@@H](NC(=O)OCc1ccccc1)[C@@H](C)O. The van der Waals surface area contributed by atoms with E-state index in [0.29, 0.717) is 11.4 Å². The predicted octanol–water partition coefficient (Wildman–Crippen LogP) is 5.97. The molecule has 0 unspecified atom stereocenters. The van der Waals surface area contributed by atoms with Crippen LogP contribution in [-0.4, -0.2) is 45.3 Å².